The number of aliphatic carboxylic acids is 1. The monoisotopic (exact) mass is 196 g/mol. The molecule has 2 rings (SSSR count). The van der Waals surface area contributed by atoms with Gasteiger partial charge in [0, 0.05) is 5.92 Å². The van der Waals surface area contributed by atoms with Gasteiger partial charge >= 0.3 is 5.97 Å². The third-order valence-corrected chi connectivity index (χ3v) is 2.46. The topological polar surface area (TPSA) is 59.7 Å². The SMILES string of the molecule is O=C(O)C(CC1COC1)c1ccco1. The van der Waals surface area contributed by atoms with E-state index in [2.05, 4.69) is 0 Å². The molecule has 1 fully saturated rings. The summed E-state index contributed by atoms with van der Waals surface area (Å²) in [6.45, 7) is 1.34. The number of carboxylic acid groups (broad SMARTS) is 1. The van der Waals surface area contributed by atoms with Crippen LogP contribution in [0.4, 0.5) is 0 Å². The first-order chi connectivity index (χ1) is 6.77. The molecule has 1 aliphatic rings. The van der Waals surface area contributed by atoms with Gasteiger partial charge in [-0.1, -0.05) is 0 Å². The quantitative estimate of drug-likeness (QED) is 0.792. The Morgan fingerprint density at radius 3 is 2.86 bits per heavy atom. The van der Waals surface area contributed by atoms with Crippen molar-refractivity contribution in [3.05, 3.63) is 24.2 Å². The van der Waals surface area contributed by atoms with Gasteiger partial charge in [0.05, 0.1) is 19.5 Å². The molecule has 1 aromatic heterocycles. The molecule has 0 spiro atoms. The van der Waals surface area contributed by atoms with Crippen molar-refractivity contribution in [1.29, 1.82) is 0 Å². The maximum atomic E-state index is 11.0. The molecule has 1 N–H and O–H groups in total. The van der Waals surface area contributed by atoms with Crippen molar-refractivity contribution in [1.82, 2.24) is 0 Å². The number of hydrogen-bond donors (Lipinski definition) is 1. The lowest BCUT2D eigenvalue weighted by Crippen LogP contribution is -2.30. The Balaban J connectivity index is 2.03. The molecule has 0 amide bonds. The van der Waals surface area contributed by atoms with E-state index < -0.39 is 11.9 Å². The highest BCUT2D eigenvalue weighted by atomic mass is 16.5. The minimum Gasteiger partial charge on any atom is -0.481 e. The fourth-order valence-electron chi connectivity index (χ4n) is 1.58. The standard InChI is InChI=1S/C10H12O4/c11-10(12)8(4-7-5-13-6-7)9-2-1-3-14-9/h1-3,7-8H,4-6H2,(H,11,12). The molecule has 0 aliphatic carbocycles. The fourth-order valence-corrected chi connectivity index (χ4v) is 1.58. The third kappa shape index (κ3) is 1.80. The van der Waals surface area contributed by atoms with Gasteiger partial charge in [0.25, 0.3) is 0 Å². The Hall–Kier alpha value is -1.29. The molecule has 0 radical (unpaired) electrons. The summed E-state index contributed by atoms with van der Waals surface area (Å²) in [5.74, 6) is -0.462. The van der Waals surface area contributed by atoms with Crippen LogP contribution in [0, 0.1) is 5.92 Å². The largest absolute Gasteiger partial charge is 0.481 e. The van der Waals surface area contributed by atoms with Gasteiger partial charge in [-0.3, -0.25) is 4.79 Å². The molecule has 1 aliphatic heterocycles. The highest BCUT2D eigenvalue weighted by Crippen LogP contribution is 2.28. The van der Waals surface area contributed by atoms with Crippen molar-refractivity contribution >= 4 is 5.97 Å². The minimum absolute atomic E-state index is 0.362. The Morgan fingerprint density at radius 2 is 2.43 bits per heavy atom. The molecular formula is C10H12O4. The molecule has 1 aromatic rings. The molecular weight excluding hydrogens is 184 g/mol. The fraction of sp³-hybridized carbons (Fsp3) is 0.500. The zero-order valence-electron chi connectivity index (χ0n) is 7.68. The van der Waals surface area contributed by atoms with Crippen LogP contribution in [0.15, 0.2) is 22.8 Å². The van der Waals surface area contributed by atoms with Crippen molar-refractivity contribution < 1.29 is 19.1 Å². The van der Waals surface area contributed by atoms with Crippen LogP contribution in [0.5, 0.6) is 0 Å². The third-order valence-electron chi connectivity index (χ3n) is 2.46. The summed E-state index contributed by atoms with van der Waals surface area (Å²) >= 11 is 0. The Kier molecular flexibility index (Phi) is 2.54. The number of ether oxygens (including phenoxy) is 1. The molecule has 1 atom stereocenters. The first-order valence-electron chi connectivity index (χ1n) is 4.61. The van der Waals surface area contributed by atoms with Crippen molar-refractivity contribution in [2.75, 3.05) is 13.2 Å². The molecule has 1 saturated heterocycles. The zero-order chi connectivity index (χ0) is 9.97. The van der Waals surface area contributed by atoms with E-state index in [1.165, 1.54) is 6.26 Å². The zero-order valence-corrected chi connectivity index (χ0v) is 7.68. The summed E-state index contributed by atoms with van der Waals surface area (Å²) in [5, 5.41) is 9.01. The molecule has 1 unspecified atom stereocenters. The van der Waals surface area contributed by atoms with Crippen LogP contribution in [-0.2, 0) is 9.53 Å². The Labute approximate surface area is 81.5 Å². The maximum Gasteiger partial charge on any atom is 0.314 e. The molecule has 76 valence electrons. The molecule has 14 heavy (non-hydrogen) atoms. The Morgan fingerprint density at radius 1 is 1.64 bits per heavy atom. The summed E-state index contributed by atoms with van der Waals surface area (Å²) in [4.78, 5) is 11.0. The summed E-state index contributed by atoms with van der Waals surface area (Å²) in [6.07, 6.45) is 2.10. The van der Waals surface area contributed by atoms with E-state index in [1.807, 2.05) is 0 Å². The Bertz CT molecular complexity index is 300. The van der Waals surface area contributed by atoms with E-state index in [0.717, 1.165) is 0 Å². The van der Waals surface area contributed by atoms with E-state index in [1.54, 1.807) is 12.1 Å². The van der Waals surface area contributed by atoms with Crippen molar-refractivity contribution in [2.45, 2.75) is 12.3 Å². The number of carboxylic acids is 1. The summed E-state index contributed by atoms with van der Waals surface area (Å²) in [6, 6.07) is 3.42. The van der Waals surface area contributed by atoms with E-state index in [0.29, 0.717) is 31.3 Å². The van der Waals surface area contributed by atoms with E-state index in [4.69, 9.17) is 14.3 Å². The highest BCUT2D eigenvalue weighted by molar-refractivity contribution is 5.75. The lowest BCUT2D eigenvalue weighted by atomic mass is 9.91. The number of furan rings is 1. The lowest BCUT2D eigenvalue weighted by molar-refractivity contribution is -0.141. The highest BCUT2D eigenvalue weighted by Gasteiger charge is 2.29. The summed E-state index contributed by atoms with van der Waals surface area (Å²) < 4.78 is 10.1. The van der Waals surface area contributed by atoms with Gasteiger partial charge in [-0.25, -0.2) is 0 Å². The van der Waals surface area contributed by atoms with E-state index >= 15 is 0 Å². The van der Waals surface area contributed by atoms with Crippen molar-refractivity contribution in [3.8, 4) is 0 Å². The van der Waals surface area contributed by atoms with Crippen molar-refractivity contribution in [2.24, 2.45) is 5.92 Å². The van der Waals surface area contributed by atoms with E-state index in [-0.39, 0.29) is 0 Å². The van der Waals surface area contributed by atoms with Crippen LogP contribution in [0.3, 0.4) is 0 Å². The molecule has 0 saturated carbocycles. The predicted molar refractivity (Wildman–Crippen MR) is 48.0 cm³/mol. The van der Waals surface area contributed by atoms with Gasteiger partial charge in [-0.2, -0.15) is 0 Å². The van der Waals surface area contributed by atoms with E-state index in [9.17, 15) is 4.79 Å². The molecule has 4 heteroatoms. The average Bonchev–Trinajstić information content (AvgIpc) is 2.53. The summed E-state index contributed by atoms with van der Waals surface area (Å²) in [5.41, 5.74) is 0. The van der Waals surface area contributed by atoms with Crippen LogP contribution in [0.1, 0.15) is 18.1 Å². The minimum atomic E-state index is -0.827. The first-order valence-corrected chi connectivity index (χ1v) is 4.61. The number of rotatable bonds is 4. The molecule has 0 bridgehead atoms. The molecule has 4 nitrogen and oxygen atoms in total. The van der Waals surface area contributed by atoms with Gasteiger partial charge in [0.2, 0.25) is 0 Å². The normalized spacial score (nSPS) is 18.9. The first kappa shape index (κ1) is 9.27. The second-order valence-corrected chi connectivity index (χ2v) is 3.55. The maximum absolute atomic E-state index is 11.0. The van der Waals surface area contributed by atoms with Gasteiger partial charge in [0.15, 0.2) is 0 Å². The average molecular weight is 196 g/mol. The molecule has 0 aromatic carbocycles. The predicted octanol–water partition coefficient (Wildman–Crippen LogP) is 1.48. The van der Waals surface area contributed by atoms with Gasteiger partial charge in [0.1, 0.15) is 11.7 Å². The molecule has 2 heterocycles. The van der Waals surface area contributed by atoms with Gasteiger partial charge < -0.3 is 14.3 Å². The smallest absolute Gasteiger partial charge is 0.314 e. The van der Waals surface area contributed by atoms with Crippen LogP contribution >= 0.6 is 0 Å². The summed E-state index contributed by atoms with van der Waals surface area (Å²) in [7, 11) is 0. The van der Waals surface area contributed by atoms with Crippen LogP contribution < -0.4 is 0 Å². The number of hydrogen-bond acceptors (Lipinski definition) is 3. The van der Waals surface area contributed by atoms with Crippen LogP contribution in [0.25, 0.3) is 0 Å². The van der Waals surface area contributed by atoms with Crippen molar-refractivity contribution in [3.63, 3.8) is 0 Å². The van der Waals surface area contributed by atoms with Crippen LogP contribution in [-0.4, -0.2) is 24.3 Å². The van der Waals surface area contributed by atoms with Crippen LogP contribution in [0.2, 0.25) is 0 Å². The second kappa shape index (κ2) is 3.84. The second-order valence-electron chi connectivity index (χ2n) is 3.55. The number of carbonyl (C=O) groups is 1. The van der Waals surface area contributed by atoms with Gasteiger partial charge in [-0.15, -0.1) is 0 Å². The lowest BCUT2D eigenvalue weighted by Gasteiger charge is -2.27. The van der Waals surface area contributed by atoms with Gasteiger partial charge in [-0.05, 0) is 18.6 Å².